The molecule has 1 aromatic carbocycles. The van der Waals surface area contributed by atoms with Gasteiger partial charge in [0.2, 0.25) is 5.95 Å². The molecule has 0 bridgehead atoms. The van der Waals surface area contributed by atoms with E-state index in [1.54, 1.807) is 4.57 Å². The van der Waals surface area contributed by atoms with Gasteiger partial charge in [-0.2, -0.15) is 5.10 Å². The van der Waals surface area contributed by atoms with Crippen LogP contribution in [0.25, 0.3) is 10.9 Å². The fraction of sp³-hybridized carbons (Fsp3) is 0.353. The summed E-state index contributed by atoms with van der Waals surface area (Å²) in [7, 11) is 0. The van der Waals surface area contributed by atoms with E-state index >= 15 is 0 Å². The second-order valence-electron chi connectivity index (χ2n) is 5.86. The molecule has 22 heavy (non-hydrogen) atoms. The van der Waals surface area contributed by atoms with Crippen molar-refractivity contribution >= 4 is 22.6 Å². The first-order valence-corrected chi connectivity index (χ1v) is 7.76. The van der Waals surface area contributed by atoms with Gasteiger partial charge in [-0.05, 0) is 37.8 Å². The molecule has 0 spiro atoms. The number of rotatable bonds is 3. The predicted octanol–water partition coefficient (Wildman–Crippen LogP) is 2.78. The lowest BCUT2D eigenvalue weighted by Gasteiger charge is -2.31. The van der Waals surface area contributed by atoms with E-state index in [9.17, 15) is 4.79 Å². The third kappa shape index (κ3) is 1.96. The highest BCUT2D eigenvalue weighted by molar-refractivity contribution is 5.94. The molecule has 1 heterocycles. The molecule has 0 amide bonds. The van der Waals surface area contributed by atoms with E-state index in [1.165, 1.54) is 5.71 Å². The van der Waals surface area contributed by atoms with Crippen molar-refractivity contribution < 1.29 is 0 Å². The molecular weight excluding hydrogens is 276 g/mol. The number of para-hydroxylation sites is 1. The maximum absolute atomic E-state index is 12.5. The van der Waals surface area contributed by atoms with Gasteiger partial charge in [0.05, 0.1) is 10.9 Å². The summed E-state index contributed by atoms with van der Waals surface area (Å²) in [4.78, 5) is 17.1. The second kappa shape index (κ2) is 5.09. The van der Waals surface area contributed by atoms with Crippen molar-refractivity contribution in [2.24, 2.45) is 16.9 Å². The summed E-state index contributed by atoms with van der Waals surface area (Å²) in [6.07, 6.45) is 6.60. The summed E-state index contributed by atoms with van der Waals surface area (Å²) in [6, 6.07) is 7.42. The van der Waals surface area contributed by atoms with Gasteiger partial charge in [0.15, 0.2) is 0 Å². The zero-order chi connectivity index (χ0) is 15.1. The van der Waals surface area contributed by atoms with Gasteiger partial charge in [-0.25, -0.2) is 10.4 Å². The van der Waals surface area contributed by atoms with Crippen molar-refractivity contribution in [3.05, 3.63) is 46.8 Å². The molecule has 4 rings (SSSR count). The van der Waals surface area contributed by atoms with E-state index < -0.39 is 0 Å². The molecule has 2 aliphatic carbocycles. The SMILES string of the molecule is CCn1c(N/N=C2/C[C@@H]3C=CC[C@@H]23)nc2ccccc2c1=O. The van der Waals surface area contributed by atoms with Gasteiger partial charge in [0.25, 0.3) is 5.56 Å². The molecule has 2 atom stereocenters. The van der Waals surface area contributed by atoms with Crippen LogP contribution in [0.4, 0.5) is 5.95 Å². The molecule has 1 fully saturated rings. The fourth-order valence-electron chi connectivity index (χ4n) is 3.33. The maximum atomic E-state index is 12.5. The van der Waals surface area contributed by atoms with Crippen LogP contribution in [-0.4, -0.2) is 15.3 Å². The molecule has 2 aromatic rings. The van der Waals surface area contributed by atoms with E-state index in [1.807, 2.05) is 31.2 Å². The molecular formula is C17H18N4O. The van der Waals surface area contributed by atoms with Gasteiger partial charge >= 0.3 is 0 Å². The number of aromatic nitrogens is 2. The molecule has 112 valence electrons. The smallest absolute Gasteiger partial charge is 0.262 e. The molecule has 0 aliphatic heterocycles. The minimum absolute atomic E-state index is 0.0233. The fourth-order valence-corrected chi connectivity index (χ4v) is 3.33. The van der Waals surface area contributed by atoms with E-state index in [0.29, 0.717) is 35.2 Å². The second-order valence-corrected chi connectivity index (χ2v) is 5.86. The van der Waals surface area contributed by atoms with Gasteiger partial charge in [-0.3, -0.25) is 9.36 Å². The first-order valence-electron chi connectivity index (χ1n) is 7.76. The summed E-state index contributed by atoms with van der Waals surface area (Å²) < 4.78 is 1.63. The highest BCUT2D eigenvalue weighted by Gasteiger charge is 2.37. The van der Waals surface area contributed by atoms with Crippen LogP contribution >= 0.6 is 0 Å². The van der Waals surface area contributed by atoms with Gasteiger partial charge < -0.3 is 0 Å². The molecule has 5 heteroatoms. The van der Waals surface area contributed by atoms with Gasteiger partial charge in [-0.15, -0.1) is 0 Å². The number of hydrazone groups is 1. The normalized spacial score (nSPS) is 24.5. The standard InChI is InChI=1S/C17H18N4O/c1-2-21-16(22)13-7-3-4-9-14(13)18-17(21)20-19-15-10-11-6-5-8-12(11)15/h3-7,9,11-12H,2,8,10H2,1H3,(H,18,20)/b19-15-/t11-,12+/m0/s1. The van der Waals surface area contributed by atoms with Crippen molar-refractivity contribution in [2.45, 2.75) is 26.3 Å². The van der Waals surface area contributed by atoms with Crippen molar-refractivity contribution in [2.75, 3.05) is 5.43 Å². The van der Waals surface area contributed by atoms with Crippen molar-refractivity contribution in [1.29, 1.82) is 0 Å². The molecule has 5 nitrogen and oxygen atoms in total. The zero-order valence-corrected chi connectivity index (χ0v) is 12.5. The van der Waals surface area contributed by atoms with Crippen LogP contribution in [0.3, 0.4) is 0 Å². The minimum atomic E-state index is -0.0233. The first-order chi connectivity index (χ1) is 10.8. The number of anilines is 1. The summed E-state index contributed by atoms with van der Waals surface area (Å²) in [5.74, 6) is 1.74. The van der Waals surface area contributed by atoms with Crippen LogP contribution in [0, 0.1) is 11.8 Å². The highest BCUT2D eigenvalue weighted by Crippen LogP contribution is 2.40. The van der Waals surface area contributed by atoms with Gasteiger partial charge in [0, 0.05) is 18.2 Å². The number of hydrogen-bond donors (Lipinski definition) is 1. The maximum Gasteiger partial charge on any atom is 0.262 e. The molecule has 2 aliphatic rings. The Morgan fingerprint density at radius 3 is 3.09 bits per heavy atom. The Bertz CT molecular complexity index is 849. The summed E-state index contributed by atoms with van der Waals surface area (Å²) in [5.41, 5.74) is 4.88. The predicted molar refractivity (Wildman–Crippen MR) is 88.1 cm³/mol. The van der Waals surface area contributed by atoms with Crippen LogP contribution in [0.15, 0.2) is 46.3 Å². The van der Waals surface area contributed by atoms with E-state index in [-0.39, 0.29) is 5.56 Å². The van der Waals surface area contributed by atoms with Crippen molar-refractivity contribution in [3.8, 4) is 0 Å². The Morgan fingerprint density at radius 2 is 2.27 bits per heavy atom. The number of nitrogens with zero attached hydrogens (tertiary/aromatic N) is 3. The van der Waals surface area contributed by atoms with Gasteiger partial charge in [-0.1, -0.05) is 24.3 Å². The summed E-state index contributed by atoms with van der Waals surface area (Å²) in [5, 5.41) is 5.15. The molecule has 1 N–H and O–H groups in total. The number of benzene rings is 1. The monoisotopic (exact) mass is 294 g/mol. The van der Waals surface area contributed by atoms with Crippen LogP contribution in [-0.2, 0) is 6.54 Å². The lowest BCUT2D eigenvalue weighted by Crippen LogP contribution is -2.34. The minimum Gasteiger partial charge on any atom is -0.277 e. The van der Waals surface area contributed by atoms with E-state index in [2.05, 4.69) is 27.7 Å². The lowest BCUT2D eigenvalue weighted by molar-refractivity contribution is 0.466. The van der Waals surface area contributed by atoms with E-state index in [4.69, 9.17) is 0 Å². The number of hydrogen-bond acceptors (Lipinski definition) is 4. The molecule has 0 saturated heterocycles. The van der Waals surface area contributed by atoms with Crippen LogP contribution in [0.5, 0.6) is 0 Å². The Kier molecular flexibility index (Phi) is 3.06. The number of allylic oxidation sites excluding steroid dienone is 2. The number of nitrogens with one attached hydrogen (secondary N) is 1. The zero-order valence-electron chi connectivity index (χ0n) is 12.5. The Balaban J connectivity index is 1.69. The quantitative estimate of drug-likeness (QED) is 0.699. The molecule has 1 aromatic heterocycles. The van der Waals surface area contributed by atoms with Crippen LogP contribution in [0.1, 0.15) is 19.8 Å². The third-order valence-corrected chi connectivity index (χ3v) is 4.64. The number of fused-ring (bicyclic) bond motifs is 2. The van der Waals surface area contributed by atoms with E-state index in [0.717, 1.165) is 12.8 Å². The lowest BCUT2D eigenvalue weighted by atomic mass is 9.74. The molecule has 0 unspecified atom stereocenters. The summed E-state index contributed by atoms with van der Waals surface area (Å²) in [6.45, 7) is 2.51. The van der Waals surface area contributed by atoms with Crippen molar-refractivity contribution in [3.63, 3.8) is 0 Å². The van der Waals surface area contributed by atoms with Crippen LogP contribution < -0.4 is 11.0 Å². The Morgan fingerprint density at radius 1 is 1.41 bits per heavy atom. The topological polar surface area (TPSA) is 59.3 Å². The Labute approximate surface area is 128 Å². The summed E-state index contributed by atoms with van der Waals surface area (Å²) >= 11 is 0. The van der Waals surface area contributed by atoms with Gasteiger partial charge in [0.1, 0.15) is 0 Å². The first kappa shape index (κ1) is 13.2. The largest absolute Gasteiger partial charge is 0.277 e. The average Bonchev–Trinajstić information content (AvgIpc) is 2.89. The molecule has 1 saturated carbocycles. The Hall–Kier alpha value is -2.43. The molecule has 0 radical (unpaired) electrons. The average molecular weight is 294 g/mol. The van der Waals surface area contributed by atoms with Crippen LogP contribution in [0.2, 0.25) is 0 Å². The van der Waals surface area contributed by atoms with Crippen molar-refractivity contribution in [1.82, 2.24) is 9.55 Å². The third-order valence-electron chi connectivity index (χ3n) is 4.64. The highest BCUT2D eigenvalue weighted by atomic mass is 16.1.